The smallest absolute Gasteiger partial charge is 0.408 e. The summed E-state index contributed by atoms with van der Waals surface area (Å²) in [6.45, 7) is 10.7. The monoisotopic (exact) mass is 530 g/mol. The van der Waals surface area contributed by atoms with Crippen LogP contribution in [0.1, 0.15) is 53.0 Å². The Morgan fingerprint density at radius 2 is 1.76 bits per heavy atom. The van der Waals surface area contributed by atoms with Gasteiger partial charge in [-0.05, 0) is 64.2 Å². The number of guanidine groups is 1. The van der Waals surface area contributed by atoms with Crippen LogP contribution in [0.4, 0.5) is 10.5 Å². The Hall–Kier alpha value is -4.09. The second-order valence-corrected chi connectivity index (χ2v) is 10.3. The molecule has 0 fully saturated rings. The SMILES string of the molecule is Cc1cc(=O)oc2cc(NC(=O)[C@@H](CCCN=C(N)N)NC(=O)[C@@H](NC(=O)OC(C)(C)C)C(C)C)ccc12. The molecule has 12 nitrogen and oxygen atoms in total. The van der Waals surface area contributed by atoms with Gasteiger partial charge in [0.25, 0.3) is 0 Å². The summed E-state index contributed by atoms with van der Waals surface area (Å²) in [5.74, 6) is -1.42. The molecule has 38 heavy (non-hydrogen) atoms. The van der Waals surface area contributed by atoms with E-state index in [0.717, 1.165) is 10.9 Å². The van der Waals surface area contributed by atoms with E-state index in [-0.39, 0.29) is 24.8 Å². The standard InChI is InChI=1S/C26H38N6O6/c1-14(2)21(32-25(36)38-26(4,5)6)23(35)31-18(8-7-11-29-24(27)28)22(34)30-16-9-10-17-15(3)12-20(33)37-19(17)13-16/h9-10,12-14,18,21H,7-8,11H2,1-6H3,(H,30,34)(H,31,35)(H,32,36)(H4,27,28,29)/t18-,21+/m1/s1. The number of anilines is 1. The van der Waals surface area contributed by atoms with Gasteiger partial charge in [-0.1, -0.05) is 13.8 Å². The van der Waals surface area contributed by atoms with E-state index in [9.17, 15) is 19.2 Å². The predicted molar refractivity (Wildman–Crippen MR) is 146 cm³/mol. The number of aliphatic imine (C=N–C) groups is 1. The third-order valence-corrected chi connectivity index (χ3v) is 5.42. The topological polar surface area (TPSA) is 191 Å². The number of benzene rings is 1. The molecule has 2 atom stereocenters. The molecular weight excluding hydrogens is 492 g/mol. The first-order chi connectivity index (χ1) is 17.7. The number of nitrogens with two attached hydrogens (primary N) is 2. The molecule has 0 unspecified atom stereocenters. The van der Waals surface area contributed by atoms with E-state index < -0.39 is 41.2 Å². The van der Waals surface area contributed by atoms with Gasteiger partial charge in [0.15, 0.2) is 5.96 Å². The van der Waals surface area contributed by atoms with Crippen molar-refractivity contribution >= 4 is 40.5 Å². The molecule has 0 saturated carbocycles. The number of hydrogen-bond donors (Lipinski definition) is 5. The van der Waals surface area contributed by atoms with Crippen molar-refractivity contribution < 1.29 is 23.5 Å². The van der Waals surface area contributed by atoms with E-state index >= 15 is 0 Å². The highest BCUT2D eigenvalue weighted by atomic mass is 16.6. The van der Waals surface area contributed by atoms with Gasteiger partial charge in [0.2, 0.25) is 11.8 Å². The fourth-order valence-electron chi connectivity index (χ4n) is 3.64. The number of carbonyl (C=O) groups excluding carboxylic acids is 3. The number of hydrogen-bond acceptors (Lipinski definition) is 7. The van der Waals surface area contributed by atoms with Crippen LogP contribution in [0.25, 0.3) is 11.0 Å². The average molecular weight is 531 g/mol. The van der Waals surface area contributed by atoms with Crippen molar-refractivity contribution in [2.45, 2.75) is 72.1 Å². The molecule has 0 saturated heterocycles. The summed E-state index contributed by atoms with van der Waals surface area (Å²) >= 11 is 0. The van der Waals surface area contributed by atoms with Gasteiger partial charge in [-0.2, -0.15) is 0 Å². The Morgan fingerprint density at radius 3 is 2.37 bits per heavy atom. The number of nitrogens with one attached hydrogen (secondary N) is 3. The number of fused-ring (bicyclic) bond motifs is 1. The van der Waals surface area contributed by atoms with Gasteiger partial charge in [-0.25, -0.2) is 9.59 Å². The first kappa shape index (κ1) is 30.1. The van der Waals surface area contributed by atoms with Gasteiger partial charge in [0, 0.05) is 29.8 Å². The Morgan fingerprint density at radius 1 is 1.08 bits per heavy atom. The normalized spacial score (nSPS) is 12.9. The Kier molecular flexibility index (Phi) is 10.3. The molecule has 1 aromatic heterocycles. The summed E-state index contributed by atoms with van der Waals surface area (Å²) in [7, 11) is 0. The lowest BCUT2D eigenvalue weighted by Crippen LogP contribution is -2.55. The van der Waals surface area contributed by atoms with Gasteiger partial charge in [0.05, 0.1) is 0 Å². The van der Waals surface area contributed by atoms with Gasteiger partial charge >= 0.3 is 11.7 Å². The van der Waals surface area contributed by atoms with E-state index in [2.05, 4.69) is 20.9 Å². The number of rotatable bonds is 10. The highest BCUT2D eigenvalue weighted by molar-refractivity contribution is 5.99. The van der Waals surface area contributed by atoms with Gasteiger partial charge in [-0.15, -0.1) is 0 Å². The van der Waals surface area contributed by atoms with E-state index in [0.29, 0.717) is 17.7 Å². The Bertz CT molecular complexity index is 1240. The van der Waals surface area contributed by atoms with Crippen molar-refractivity contribution in [3.63, 3.8) is 0 Å². The van der Waals surface area contributed by atoms with Crippen LogP contribution >= 0.6 is 0 Å². The van der Waals surface area contributed by atoms with E-state index in [1.54, 1.807) is 59.7 Å². The molecule has 0 radical (unpaired) electrons. The summed E-state index contributed by atoms with van der Waals surface area (Å²) in [6.07, 6.45) is -0.130. The van der Waals surface area contributed by atoms with Crippen molar-refractivity contribution in [1.29, 1.82) is 0 Å². The van der Waals surface area contributed by atoms with E-state index in [4.69, 9.17) is 20.6 Å². The molecule has 1 heterocycles. The number of aryl methyl sites for hydroxylation is 1. The highest BCUT2D eigenvalue weighted by Gasteiger charge is 2.30. The molecular formula is C26H38N6O6. The minimum Gasteiger partial charge on any atom is -0.444 e. The summed E-state index contributed by atoms with van der Waals surface area (Å²) in [5, 5.41) is 8.79. The first-order valence-corrected chi connectivity index (χ1v) is 12.4. The highest BCUT2D eigenvalue weighted by Crippen LogP contribution is 2.21. The average Bonchev–Trinajstić information content (AvgIpc) is 2.77. The maximum Gasteiger partial charge on any atom is 0.408 e. The minimum absolute atomic E-state index is 0.0792. The van der Waals surface area contributed by atoms with Crippen molar-refractivity contribution in [1.82, 2.24) is 10.6 Å². The van der Waals surface area contributed by atoms with Gasteiger partial charge in [-0.3, -0.25) is 14.6 Å². The van der Waals surface area contributed by atoms with Crippen LogP contribution in [-0.4, -0.2) is 48.1 Å². The second kappa shape index (κ2) is 12.9. The van der Waals surface area contributed by atoms with Crippen LogP contribution in [0, 0.1) is 12.8 Å². The molecule has 12 heteroatoms. The predicted octanol–water partition coefficient (Wildman–Crippen LogP) is 2.13. The summed E-state index contributed by atoms with van der Waals surface area (Å²) in [5.41, 5.74) is 11.0. The van der Waals surface area contributed by atoms with Crippen molar-refractivity contribution in [3.8, 4) is 0 Å². The lowest BCUT2D eigenvalue weighted by molar-refractivity contribution is -0.128. The van der Waals surface area contributed by atoms with Crippen LogP contribution < -0.4 is 33.0 Å². The molecule has 0 bridgehead atoms. The summed E-state index contributed by atoms with van der Waals surface area (Å²) in [6, 6.07) is 4.41. The lowest BCUT2D eigenvalue weighted by Gasteiger charge is -2.27. The Labute approximate surface area is 221 Å². The number of nitrogens with zero attached hydrogens (tertiary/aromatic N) is 1. The molecule has 0 aliphatic rings. The van der Waals surface area contributed by atoms with Crippen molar-refractivity contribution in [3.05, 3.63) is 40.2 Å². The molecule has 2 rings (SSSR count). The van der Waals surface area contributed by atoms with Crippen molar-refractivity contribution in [2.75, 3.05) is 11.9 Å². The number of carbonyl (C=O) groups is 3. The van der Waals surface area contributed by atoms with Crippen LogP contribution in [0.15, 0.2) is 38.5 Å². The fourth-order valence-corrected chi connectivity index (χ4v) is 3.64. The third-order valence-electron chi connectivity index (χ3n) is 5.42. The minimum atomic E-state index is -0.974. The maximum absolute atomic E-state index is 13.2. The molecule has 0 aliphatic heterocycles. The van der Waals surface area contributed by atoms with Crippen LogP contribution in [0.5, 0.6) is 0 Å². The molecule has 208 valence electrons. The maximum atomic E-state index is 13.2. The van der Waals surface area contributed by atoms with Crippen LogP contribution in [0.3, 0.4) is 0 Å². The zero-order valence-corrected chi connectivity index (χ0v) is 22.7. The second-order valence-electron chi connectivity index (χ2n) is 10.3. The third kappa shape index (κ3) is 9.41. The van der Waals surface area contributed by atoms with Crippen LogP contribution in [-0.2, 0) is 14.3 Å². The molecule has 7 N–H and O–H groups in total. The van der Waals surface area contributed by atoms with Gasteiger partial charge < -0.3 is 36.6 Å². The number of ether oxygens (including phenoxy) is 1. The fraction of sp³-hybridized carbons (Fsp3) is 0.500. The largest absolute Gasteiger partial charge is 0.444 e. The van der Waals surface area contributed by atoms with E-state index in [1.165, 1.54) is 6.07 Å². The van der Waals surface area contributed by atoms with Crippen molar-refractivity contribution in [2.24, 2.45) is 22.4 Å². The zero-order valence-electron chi connectivity index (χ0n) is 22.7. The van der Waals surface area contributed by atoms with E-state index in [1.807, 2.05) is 0 Å². The lowest BCUT2D eigenvalue weighted by atomic mass is 10.0. The quantitative estimate of drug-likeness (QED) is 0.133. The molecule has 3 amide bonds. The summed E-state index contributed by atoms with van der Waals surface area (Å²) in [4.78, 5) is 54.4. The molecule has 1 aromatic carbocycles. The number of alkyl carbamates (subject to hydrolysis) is 1. The molecule has 0 aliphatic carbocycles. The van der Waals surface area contributed by atoms with Gasteiger partial charge in [0.1, 0.15) is 23.3 Å². The number of amides is 3. The zero-order chi connectivity index (χ0) is 28.6. The Balaban J connectivity index is 2.22. The molecule has 2 aromatic rings. The first-order valence-electron chi connectivity index (χ1n) is 12.4. The molecule has 0 spiro atoms. The van der Waals surface area contributed by atoms with Crippen LogP contribution in [0.2, 0.25) is 0 Å². The summed E-state index contributed by atoms with van der Waals surface area (Å²) < 4.78 is 10.5.